The largest absolute Gasteiger partial charge is 0.497 e. The van der Waals surface area contributed by atoms with Gasteiger partial charge in [-0.1, -0.05) is 29.4 Å². The average molecular weight is 302 g/mol. The van der Waals surface area contributed by atoms with Crippen LogP contribution in [0.1, 0.15) is 16.7 Å². The van der Waals surface area contributed by atoms with Gasteiger partial charge in [0.2, 0.25) is 0 Å². The van der Waals surface area contributed by atoms with E-state index in [9.17, 15) is 0 Å². The van der Waals surface area contributed by atoms with Crippen LogP contribution in [0.25, 0.3) is 0 Å². The van der Waals surface area contributed by atoms with Gasteiger partial charge in [0.1, 0.15) is 5.75 Å². The molecular weight excluding hydrogens is 284 g/mol. The Kier molecular flexibility index (Phi) is 5.11. The monoisotopic (exact) mass is 302 g/mol. The number of thioether (sulfide) groups is 1. The van der Waals surface area contributed by atoms with Gasteiger partial charge in [0.25, 0.3) is 0 Å². The predicted octanol–water partition coefficient (Wildman–Crippen LogP) is 3.39. The number of amidine groups is 1. The lowest BCUT2D eigenvalue weighted by molar-refractivity contribution is 0.318. The minimum atomic E-state index is 0.102. The predicted molar refractivity (Wildman–Crippen MR) is 86.2 cm³/mol. The molecule has 4 nitrogen and oxygen atoms in total. The Hall–Kier alpha value is -2.14. The third-order valence-corrected chi connectivity index (χ3v) is 4.32. The molecule has 0 amide bonds. The Morgan fingerprint density at radius 3 is 2.71 bits per heavy atom. The van der Waals surface area contributed by atoms with E-state index >= 15 is 0 Å². The zero-order chi connectivity index (χ0) is 15.2. The molecule has 2 aromatic carbocycles. The highest BCUT2D eigenvalue weighted by Gasteiger charge is 2.10. The van der Waals surface area contributed by atoms with Crippen LogP contribution in [0.3, 0.4) is 0 Å². The van der Waals surface area contributed by atoms with Crippen LogP contribution in [-0.2, 0) is 5.75 Å². The molecule has 0 aliphatic carbocycles. The number of ether oxygens (including phenoxy) is 1. The molecule has 0 unspecified atom stereocenters. The van der Waals surface area contributed by atoms with Crippen LogP contribution in [0.15, 0.2) is 52.5 Å². The summed E-state index contributed by atoms with van der Waals surface area (Å²) in [6.07, 6.45) is 0. The summed E-state index contributed by atoms with van der Waals surface area (Å²) in [6, 6.07) is 13.7. The standard InChI is InChI=1S/C16H18N2O2S/c1-11-5-3-4-6-12(11)10-21-15-9-13(20-2)7-8-14(15)16(17)18-19/h3-9,19H,10H2,1-2H3,(H2,17,18). The number of benzene rings is 2. The lowest BCUT2D eigenvalue weighted by Gasteiger charge is -2.11. The first-order valence-corrected chi connectivity index (χ1v) is 7.47. The van der Waals surface area contributed by atoms with E-state index in [0.717, 1.165) is 16.4 Å². The quantitative estimate of drug-likeness (QED) is 0.292. The van der Waals surface area contributed by atoms with Gasteiger partial charge in [-0.25, -0.2) is 0 Å². The summed E-state index contributed by atoms with van der Waals surface area (Å²) in [5.74, 6) is 1.66. The van der Waals surface area contributed by atoms with Gasteiger partial charge >= 0.3 is 0 Å². The molecule has 0 heterocycles. The first kappa shape index (κ1) is 15.3. The van der Waals surface area contributed by atoms with Crippen molar-refractivity contribution in [2.24, 2.45) is 10.9 Å². The van der Waals surface area contributed by atoms with Gasteiger partial charge in [0.05, 0.1) is 7.11 Å². The molecule has 0 aromatic heterocycles. The highest BCUT2D eigenvalue weighted by atomic mass is 32.2. The number of hydrogen-bond donors (Lipinski definition) is 2. The van der Waals surface area contributed by atoms with E-state index in [1.165, 1.54) is 11.1 Å². The number of methoxy groups -OCH3 is 1. The van der Waals surface area contributed by atoms with Crippen LogP contribution >= 0.6 is 11.8 Å². The number of oxime groups is 1. The highest BCUT2D eigenvalue weighted by molar-refractivity contribution is 7.98. The molecule has 2 rings (SSSR count). The first-order valence-electron chi connectivity index (χ1n) is 6.49. The van der Waals surface area contributed by atoms with Crippen molar-refractivity contribution < 1.29 is 9.94 Å². The second-order valence-electron chi connectivity index (χ2n) is 4.56. The van der Waals surface area contributed by atoms with E-state index in [4.69, 9.17) is 15.7 Å². The summed E-state index contributed by atoms with van der Waals surface area (Å²) in [6.45, 7) is 2.09. The lowest BCUT2D eigenvalue weighted by atomic mass is 10.1. The molecule has 21 heavy (non-hydrogen) atoms. The molecule has 0 atom stereocenters. The fourth-order valence-electron chi connectivity index (χ4n) is 1.94. The summed E-state index contributed by atoms with van der Waals surface area (Å²) in [4.78, 5) is 0.924. The number of hydrogen-bond acceptors (Lipinski definition) is 4. The Morgan fingerprint density at radius 1 is 1.29 bits per heavy atom. The average Bonchev–Trinajstić information content (AvgIpc) is 2.53. The summed E-state index contributed by atoms with van der Waals surface area (Å²) >= 11 is 1.64. The van der Waals surface area contributed by atoms with Crippen LogP contribution in [0.4, 0.5) is 0 Å². The minimum absolute atomic E-state index is 0.102. The molecule has 0 fully saturated rings. The van der Waals surface area contributed by atoms with E-state index in [1.54, 1.807) is 31.0 Å². The zero-order valence-corrected chi connectivity index (χ0v) is 12.9. The molecule has 0 saturated heterocycles. The molecule has 5 heteroatoms. The third kappa shape index (κ3) is 3.70. The highest BCUT2D eigenvalue weighted by Crippen LogP contribution is 2.30. The van der Waals surface area contributed by atoms with Gasteiger partial charge in [-0.2, -0.15) is 0 Å². The Balaban J connectivity index is 2.27. The number of nitrogens with zero attached hydrogens (tertiary/aromatic N) is 1. The summed E-state index contributed by atoms with van der Waals surface area (Å²) in [5.41, 5.74) is 8.95. The van der Waals surface area contributed by atoms with Gasteiger partial charge < -0.3 is 15.7 Å². The molecule has 0 saturated carbocycles. The van der Waals surface area contributed by atoms with Crippen molar-refractivity contribution in [2.75, 3.05) is 7.11 Å². The van der Waals surface area contributed by atoms with Crippen LogP contribution < -0.4 is 10.5 Å². The summed E-state index contributed by atoms with van der Waals surface area (Å²) in [5, 5.41) is 12.0. The van der Waals surface area contributed by atoms with E-state index in [1.807, 2.05) is 18.2 Å². The van der Waals surface area contributed by atoms with Gasteiger partial charge in [-0.05, 0) is 36.2 Å². The van der Waals surface area contributed by atoms with Crippen LogP contribution in [0.2, 0.25) is 0 Å². The molecule has 110 valence electrons. The molecule has 3 N–H and O–H groups in total. The van der Waals surface area contributed by atoms with E-state index in [-0.39, 0.29) is 5.84 Å². The van der Waals surface area contributed by atoms with Crippen LogP contribution in [-0.4, -0.2) is 18.2 Å². The number of nitrogens with two attached hydrogens (primary N) is 1. The maximum Gasteiger partial charge on any atom is 0.171 e. The van der Waals surface area contributed by atoms with E-state index in [0.29, 0.717) is 5.56 Å². The summed E-state index contributed by atoms with van der Waals surface area (Å²) < 4.78 is 5.24. The van der Waals surface area contributed by atoms with Crippen LogP contribution in [0.5, 0.6) is 5.75 Å². The third-order valence-electron chi connectivity index (χ3n) is 3.22. The van der Waals surface area contributed by atoms with Crippen molar-refractivity contribution in [2.45, 2.75) is 17.6 Å². The number of aryl methyl sites for hydroxylation is 1. The molecule has 0 radical (unpaired) electrons. The molecule has 2 aromatic rings. The Labute approximate surface area is 128 Å². The molecule has 0 aliphatic rings. The van der Waals surface area contributed by atoms with Gasteiger partial charge in [-0.3, -0.25) is 0 Å². The lowest BCUT2D eigenvalue weighted by Crippen LogP contribution is -2.14. The first-order chi connectivity index (χ1) is 10.2. The minimum Gasteiger partial charge on any atom is -0.497 e. The molecule has 0 aliphatic heterocycles. The maximum absolute atomic E-state index is 8.89. The molecule has 0 bridgehead atoms. The molecule has 0 spiro atoms. The van der Waals surface area contributed by atoms with Crippen LogP contribution in [0, 0.1) is 6.92 Å². The molecular formula is C16H18N2O2S. The zero-order valence-electron chi connectivity index (χ0n) is 12.0. The van der Waals surface area contributed by atoms with Gasteiger partial charge in [0.15, 0.2) is 5.84 Å². The SMILES string of the molecule is COc1ccc(/C(N)=N/O)c(SCc2ccccc2C)c1. The van der Waals surface area contributed by atoms with E-state index < -0.39 is 0 Å². The van der Waals surface area contributed by atoms with Crippen molar-refractivity contribution in [3.05, 3.63) is 59.2 Å². The van der Waals surface area contributed by atoms with Gasteiger partial charge in [-0.15, -0.1) is 11.8 Å². The number of rotatable bonds is 5. The maximum atomic E-state index is 8.89. The van der Waals surface area contributed by atoms with Crippen molar-refractivity contribution in [3.63, 3.8) is 0 Å². The van der Waals surface area contributed by atoms with E-state index in [2.05, 4.69) is 24.2 Å². The van der Waals surface area contributed by atoms with Crippen molar-refractivity contribution in [1.29, 1.82) is 0 Å². The Bertz CT molecular complexity index is 656. The second kappa shape index (κ2) is 7.04. The van der Waals surface area contributed by atoms with Gasteiger partial charge in [0, 0.05) is 16.2 Å². The fourth-order valence-corrected chi connectivity index (χ4v) is 3.10. The second-order valence-corrected chi connectivity index (χ2v) is 5.58. The normalized spacial score (nSPS) is 11.4. The van der Waals surface area contributed by atoms with Crippen molar-refractivity contribution >= 4 is 17.6 Å². The van der Waals surface area contributed by atoms with Crippen molar-refractivity contribution in [1.82, 2.24) is 0 Å². The Morgan fingerprint density at radius 2 is 2.05 bits per heavy atom. The van der Waals surface area contributed by atoms with Crippen molar-refractivity contribution in [3.8, 4) is 5.75 Å². The smallest absolute Gasteiger partial charge is 0.171 e. The topological polar surface area (TPSA) is 67.8 Å². The summed E-state index contributed by atoms with van der Waals surface area (Å²) in [7, 11) is 1.62. The fraction of sp³-hybridized carbons (Fsp3) is 0.188.